The summed E-state index contributed by atoms with van der Waals surface area (Å²) in [7, 11) is -3.60. The lowest BCUT2D eigenvalue weighted by atomic mass is 9.97. The Bertz CT molecular complexity index is 991. The second-order valence-electron chi connectivity index (χ2n) is 7.55. The van der Waals surface area contributed by atoms with Gasteiger partial charge in [-0.3, -0.25) is 4.79 Å². The van der Waals surface area contributed by atoms with Gasteiger partial charge in [-0.25, -0.2) is 8.42 Å². The predicted octanol–water partition coefficient (Wildman–Crippen LogP) is 3.83. The fourth-order valence-electron chi connectivity index (χ4n) is 4.22. The van der Waals surface area contributed by atoms with Crippen molar-refractivity contribution in [2.24, 2.45) is 5.92 Å². The quantitative estimate of drug-likeness (QED) is 0.696. The molecule has 0 aliphatic carbocycles. The molecule has 2 aliphatic heterocycles. The third kappa shape index (κ3) is 3.51. The molecule has 4 rings (SSSR count). The van der Waals surface area contributed by atoms with E-state index in [0.29, 0.717) is 13.0 Å². The van der Waals surface area contributed by atoms with Crippen LogP contribution in [0.2, 0.25) is 0 Å². The molecule has 0 bridgehead atoms. The highest BCUT2D eigenvalue weighted by Gasteiger charge is 2.39. The van der Waals surface area contributed by atoms with Crippen LogP contribution in [0.15, 0.2) is 57.9 Å². The van der Waals surface area contributed by atoms with Gasteiger partial charge in [0.25, 0.3) is 0 Å². The highest BCUT2D eigenvalue weighted by Crippen LogP contribution is 2.35. The lowest BCUT2D eigenvalue weighted by Gasteiger charge is -2.34. The van der Waals surface area contributed by atoms with Gasteiger partial charge in [0.15, 0.2) is 0 Å². The predicted molar refractivity (Wildman–Crippen MR) is 113 cm³/mol. The fraction of sp³-hybridized carbons (Fsp3) is 0.381. The highest BCUT2D eigenvalue weighted by atomic mass is 79.9. The number of piperidine rings is 1. The Morgan fingerprint density at radius 1 is 1.11 bits per heavy atom. The van der Waals surface area contributed by atoms with Gasteiger partial charge in [-0.1, -0.05) is 34.1 Å². The maximum absolute atomic E-state index is 13.3. The third-order valence-corrected chi connectivity index (χ3v) is 8.04. The lowest BCUT2D eigenvalue weighted by molar-refractivity contribution is -0.123. The zero-order valence-electron chi connectivity index (χ0n) is 15.7. The van der Waals surface area contributed by atoms with Gasteiger partial charge in [0.05, 0.1) is 10.8 Å². The number of halogens is 1. The number of amides is 1. The first-order valence-corrected chi connectivity index (χ1v) is 11.8. The van der Waals surface area contributed by atoms with Gasteiger partial charge >= 0.3 is 0 Å². The largest absolute Gasteiger partial charge is 0.309 e. The zero-order chi connectivity index (χ0) is 19.9. The normalized spacial score (nSPS) is 22.9. The molecular weight excluding hydrogens is 440 g/mol. The SMILES string of the molecule is C[C@H]1Cc2ccccc2N1C(=O)[C@@H]1CCCN(S(=O)(=O)c2ccc(Br)cc2)C1. The summed E-state index contributed by atoms with van der Waals surface area (Å²) in [6, 6.07) is 14.7. The average Bonchev–Trinajstić information content (AvgIpc) is 3.03. The van der Waals surface area contributed by atoms with Crippen molar-refractivity contribution in [3.8, 4) is 0 Å². The van der Waals surface area contributed by atoms with Crippen LogP contribution in [0.25, 0.3) is 0 Å². The average molecular weight is 463 g/mol. The van der Waals surface area contributed by atoms with E-state index in [0.717, 1.165) is 23.0 Å². The summed E-state index contributed by atoms with van der Waals surface area (Å²) in [5.74, 6) is -0.277. The molecule has 7 heteroatoms. The number of rotatable bonds is 3. The molecule has 0 N–H and O–H groups in total. The Morgan fingerprint density at radius 2 is 1.82 bits per heavy atom. The summed E-state index contributed by atoms with van der Waals surface area (Å²) >= 11 is 3.33. The molecule has 0 radical (unpaired) electrons. The first kappa shape index (κ1) is 19.6. The molecule has 0 aromatic heterocycles. The minimum absolute atomic E-state index is 0.0353. The van der Waals surface area contributed by atoms with Crippen LogP contribution < -0.4 is 4.90 Å². The second-order valence-corrected chi connectivity index (χ2v) is 10.4. The molecule has 28 heavy (non-hydrogen) atoms. The Kier molecular flexibility index (Phi) is 5.33. The molecule has 1 amide bonds. The van der Waals surface area contributed by atoms with Crippen molar-refractivity contribution in [1.82, 2.24) is 4.31 Å². The smallest absolute Gasteiger partial charge is 0.243 e. The van der Waals surface area contributed by atoms with Crippen LogP contribution in [0.3, 0.4) is 0 Å². The van der Waals surface area contributed by atoms with Gasteiger partial charge in [-0.2, -0.15) is 4.31 Å². The number of hydrogen-bond donors (Lipinski definition) is 0. The summed E-state index contributed by atoms with van der Waals surface area (Å²) in [4.78, 5) is 15.5. The molecule has 2 atom stereocenters. The number of benzene rings is 2. The van der Waals surface area contributed by atoms with E-state index in [9.17, 15) is 13.2 Å². The maximum atomic E-state index is 13.3. The van der Waals surface area contributed by atoms with Crippen LogP contribution in [0, 0.1) is 5.92 Å². The van der Waals surface area contributed by atoms with Crippen LogP contribution in [0.5, 0.6) is 0 Å². The van der Waals surface area contributed by atoms with E-state index in [2.05, 4.69) is 28.9 Å². The number of anilines is 1. The minimum atomic E-state index is -3.60. The van der Waals surface area contributed by atoms with E-state index < -0.39 is 10.0 Å². The summed E-state index contributed by atoms with van der Waals surface area (Å²) < 4.78 is 28.4. The zero-order valence-corrected chi connectivity index (χ0v) is 18.1. The van der Waals surface area contributed by atoms with Crippen molar-refractivity contribution < 1.29 is 13.2 Å². The molecule has 2 aromatic carbocycles. The standard InChI is InChI=1S/C21H23BrN2O3S/c1-15-13-16-5-2-3-7-20(16)24(15)21(25)17-6-4-12-23(14-17)28(26,27)19-10-8-18(22)9-11-19/h2-3,5,7-11,15,17H,4,6,12-14H2,1H3/t15-,17+/m0/s1. The van der Waals surface area contributed by atoms with Gasteiger partial charge in [0.1, 0.15) is 0 Å². The molecule has 5 nitrogen and oxygen atoms in total. The number of fused-ring (bicyclic) bond motifs is 1. The van der Waals surface area contributed by atoms with E-state index in [1.165, 1.54) is 9.87 Å². The Balaban J connectivity index is 1.56. The Labute approximate surface area is 174 Å². The van der Waals surface area contributed by atoms with Crippen LogP contribution in [-0.2, 0) is 21.2 Å². The summed E-state index contributed by atoms with van der Waals surface area (Å²) in [6.45, 7) is 2.74. The molecule has 2 aliphatic rings. The summed E-state index contributed by atoms with van der Waals surface area (Å²) in [5.41, 5.74) is 2.14. The van der Waals surface area contributed by atoms with Crippen LogP contribution in [0.1, 0.15) is 25.3 Å². The summed E-state index contributed by atoms with van der Waals surface area (Å²) in [5, 5.41) is 0. The molecule has 0 unspecified atom stereocenters. The molecule has 2 aromatic rings. The number of sulfonamides is 1. The molecule has 0 saturated carbocycles. The van der Waals surface area contributed by atoms with E-state index in [1.807, 2.05) is 23.1 Å². The molecular formula is C21H23BrN2O3S. The van der Waals surface area contributed by atoms with Gasteiger partial charge in [0.2, 0.25) is 15.9 Å². The van der Waals surface area contributed by atoms with E-state index in [4.69, 9.17) is 0 Å². The number of para-hydroxylation sites is 1. The summed E-state index contributed by atoms with van der Waals surface area (Å²) in [6.07, 6.45) is 2.25. The van der Waals surface area contributed by atoms with Crippen LogP contribution in [-0.4, -0.2) is 37.8 Å². The van der Waals surface area contributed by atoms with Crippen molar-refractivity contribution >= 4 is 37.5 Å². The van der Waals surface area contributed by atoms with Crippen molar-refractivity contribution in [1.29, 1.82) is 0 Å². The topological polar surface area (TPSA) is 57.7 Å². The van der Waals surface area contributed by atoms with E-state index >= 15 is 0 Å². The lowest BCUT2D eigenvalue weighted by Crippen LogP contribution is -2.48. The van der Waals surface area contributed by atoms with Crippen molar-refractivity contribution in [3.63, 3.8) is 0 Å². The first-order chi connectivity index (χ1) is 13.4. The highest BCUT2D eigenvalue weighted by molar-refractivity contribution is 9.10. The van der Waals surface area contributed by atoms with E-state index in [1.54, 1.807) is 24.3 Å². The molecule has 1 fully saturated rings. The number of carbonyl (C=O) groups excluding carboxylic acids is 1. The van der Waals surface area contributed by atoms with E-state index in [-0.39, 0.29) is 29.3 Å². The molecule has 1 saturated heterocycles. The van der Waals surface area contributed by atoms with Gasteiger partial charge < -0.3 is 4.90 Å². The fourth-order valence-corrected chi connectivity index (χ4v) is 6.00. The molecule has 0 spiro atoms. The molecule has 148 valence electrons. The number of carbonyl (C=O) groups is 1. The first-order valence-electron chi connectivity index (χ1n) is 9.54. The van der Waals surface area contributed by atoms with Crippen molar-refractivity contribution in [2.45, 2.75) is 37.1 Å². The van der Waals surface area contributed by atoms with Crippen molar-refractivity contribution in [3.05, 3.63) is 58.6 Å². The minimum Gasteiger partial charge on any atom is -0.309 e. The monoisotopic (exact) mass is 462 g/mol. The van der Waals surface area contributed by atoms with Crippen LogP contribution in [0.4, 0.5) is 5.69 Å². The third-order valence-electron chi connectivity index (χ3n) is 5.63. The maximum Gasteiger partial charge on any atom is 0.243 e. The van der Waals surface area contributed by atoms with Gasteiger partial charge in [-0.05, 0) is 62.1 Å². The number of nitrogens with zero attached hydrogens (tertiary/aromatic N) is 2. The van der Waals surface area contributed by atoms with Crippen LogP contribution >= 0.6 is 15.9 Å². The molecule has 2 heterocycles. The Morgan fingerprint density at radius 3 is 2.57 bits per heavy atom. The van der Waals surface area contributed by atoms with Crippen molar-refractivity contribution in [2.75, 3.05) is 18.0 Å². The second kappa shape index (κ2) is 7.61. The van der Waals surface area contributed by atoms with Gasteiger partial charge in [0, 0.05) is 29.3 Å². The Hall–Kier alpha value is -1.70. The van der Waals surface area contributed by atoms with Gasteiger partial charge in [-0.15, -0.1) is 0 Å². The number of hydrogen-bond acceptors (Lipinski definition) is 3.